The molecule has 0 fully saturated rings. The van der Waals surface area contributed by atoms with Crippen LogP contribution in [-0.4, -0.2) is 64.1 Å². The fourth-order valence-corrected chi connectivity index (χ4v) is 5.57. The lowest BCUT2D eigenvalue weighted by atomic mass is 9.82. The third kappa shape index (κ3) is 7.64. The number of carbonyl (C=O) groups excluding carboxylic acids is 1. The molecule has 1 amide bonds. The summed E-state index contributed by atoms with van der Waals surface area (Å²) in [6, 6.07) is 28.0. The van der Waals surface area contributed by atoms with Crippen LogP contribution in [0.1, 0.15) is 34.8 Å². The van der Waals surface area contributed by atoms with Crippen LogP contribution in [0.2, 0.25) is 0 Å². The largest absolute Gasteiger partial charge is 0.497 e. The van der Waals surface area contributed by atoms with Crippen molar-refractivity contribution in [3.05, 3.63) is 113 Å². The second-order valence-electron chi connectivity index (χ2n) is 11.0. The molecule has 2 atom stereocenters. The van der Waals surface area contributed by atoms with Gasteiger partial charge in [0.15, 0.2) is 11.6 Å². The number of hydrogen-bond donors (Lipinski definition) is 3. The molecule has 0 radical (unpaired) electrons. The smallest absolute Gasteiger partial charge is 0.266 e. The maximum absolute atomic E-state index is 14.6. The number of ether oxygens (including phenoxy) is 6. The van der Waals surface area contributed by atoms with Crippen LogP contribution >= 0.6 is 0 Å². The van der Waals surface area contributed by atoms with Crippen molar-refractivity contribution >= 4 is 11.8 Å². The maximum atomic E-state index is 14.6. The third-order valence-corrected chi connectivity index (χ3v) is 8.03. The summed E-state index contributed by atoms with van der Waals surface area (Å²) in [4.78, 5) is 19.7. The Morgan fingerprint density at radius 2 is 1.54 bits per heavy atom. The Morgan fingerprint density at radius 1 is 0.833 bits per heavy atom. The van der Waals surface area contributed by atoms with Gasteiger partial charge in [0.1, 0.15) is 28.7 Å². The quantitative estimate of drug-likeness (QED) is 0.115. The minimum absolute atomic E-state index is 0.0516. The molecular weight excluding hydrogens is 614 g/mol. The van der Waals surface area contributed by atoms with Crippen LogP contribution in [0.3, 0.4) is 0 Å². The van der Waals surface area contributed by atoms with Gasteiger partial charge in [-0.15, -0.1) is 0 Å². The van der Waals surface area contributed by atoms with Crippen molar-refractivity contribution < 1.29 is 38.3 Å². The Hall–Kier alpha value is -5.26. The van der Waals surface area contributed by atoms with Gasteiger partial charge in [-0.3, -0.25) is 10.2 Å². The first-order valence-corrected chi connectivity index (χ1v) is 15.5. The molecule has 0 saturated carbocycles. The average Bonchev–Trinajstić information content (AvgIpc) is 3.52. The predicted octanol–water partition coefficient (Wildman–Crippen LogP) is 4.80. The average molecular weight is 656 g/mol. The lowest BCUT2D eigenvalue weighted by Crippen LogP contribution is -2.53. The van der Waals surface area contributed by atoms with Crippen LogP contribution < -0.4 is 34.5 Å². The fraction of sp³-hybridized carbons (Fsp3) is 0.297. The van der Waals surface area contributed by atoms with Gasteiger partial charge < -0.3 is 33.5 Å². The molecule has 4 aromatic rings. The van der Waals surface area contributed by atoms with Gasteiger partial charge >= 0.3 is 0 Å². The summed E-state index contributed by atoms with van der Waals surface area (Å²) >= 11 is 0. The molecule has 0 bridgehead atoms. The highest BCUT2D eigenvalue weighted by Gasteiger charge is 2.53. The molecule has 0 unspecified atom stereocenters. The summed E-state index contributed by atoms with van der Waals surface area (Å²) in [6.07, 6.45) is -0.0390. The maximum Gasteiger partial charge on any atom is 0.266 e. The molecule has 4 aromatic carbocycles. The van der Waals surface area contributed by atoms with Crippen molar-refractivity contribution in [3.63, 3.8) is 0 Å². The second-order valence-corrected chi connectivity index (χ2v) is 11.0. The van der Waals surface area contributed by atoms with E-state index in [1.807, 2.05) is 78.9 Å². The first-order chi connectivity index (χ1) is 23.4. The summed E-state index contributed by atoms with van der Waals surface area (Å²) in [7, 11) is 6.28. The number of aliphatic hydroxyl groups is 1. The molecule has 11 nitrogen and oxygen atoms in total. The van der Waals surface area contributed by atoms with Gasteiger partial charge in [0.05, 0.1) is 40.6 Å². The number of hydrogen-bond acceptors (Lipinski definition) is 10. The molecule has 0 spiro atoms. The lowest BCUT2D eigenvalue weighted by molar-refractivity contribution is -0.130. The standard InChI is InChI=1S/C37H41N3O8/c1-43-29-13-8-12-27(20-29)34-37(23-25-10-6-5-7-11-25,39-35(48-34)26-14-16-28(17-15-26)47-19-9-18-41)36(42)40-38-24-31-32(45-3)21-30(44-2)22-33(31)46-4/h5-8,10-17,20-22,34,38,41H,9,18-19,23-24H2,1-4H3,(H,40,42)/t34-,37-/m0/s1. The number of amides is 1. The topological polar surface area (TPSA) is 129 Å². The number of aliphatic hydroxyl groups excluding tert-OH is 1. The summed E-state index contributed by atoms with van der Waals surface area (Å²) in [5, 5.41) is 9.09. The molecule has 1 aliphatic heterocycles. The molecule has 1 heterocycles. The number of nitrogens with zero attached hydrogens (tertiary/aromatic N) is 1. The van der Waals surface area contributed by atoms with Crippen molar-refractivity contribution in [1.29, 1.82) is 0 Å². The highest BCUT2D eigenvalue weighted by atomic mass is 16.5. The van der Waals surface area contributed by atoms with Gasteiger partial charge in [0.25, 0.3) is 5.91 Å². The van der Waals surface area contributed by atoms with Crippen molar-refractivity contribution in [1.82, 2.24) is 10.9 Å². The van der Waals surface area contributed by atoms with E-state index >= 15 is 0 Å². The highest BCUT2D eigenvalue weighted by molar-refractivity contribution is 6.01. The Bertz CT molecular complexity index is 1670. The summed E-state index contributed by atoms with van der Waals surface area (Å²) in [5.41, 5.74) is 7.55. The Labute approximate surface area is 280 Å². The van der Waals surface area contributed by atoms with E-state index in [9.17, 15) is 4.79 Å². The molecule has 11 heteroatoms. The van der Waals surface area contributed by atoms with Gasteiger partial charge in [0, 0.05) is 43.7 Å². The number of methoxy groups -OCH3 is 4. The van der Waals surface area contributed by atoms with Crippen molar-refractivity contribution in [3.8, 4) is 28.7 Å². The van der Waals surface area contributed by atoms with Crippen LogP contribution in [0.4, 0.5) is 0 Å². The van der Waals surface area contributed by atoms with Gasteiger partial charge in [-0.05, 0) is 47.5 Å². The monoisotopic (exact) mass is 655 g/mol. The van der Waals surface area contributed by atoms with Crippen LogP contribution in [-0.2, 0) is 22.5 Å². The number of nitrogens with one attached hydrogen (secondary N) is 2. The lowest BCUT2D eigenvalue weighted by Gasteiger charge is -2.31. The number of aliphatic imine (C=N–C) groups is 1. The number of benzene rings is 4. The van der Waals surface area contributed by atoms with E-state index in [0.29, 0.717) is 58.8 Å². The highest BCUT2D eigenvalue weighted by Crippen LogP contribution is 2.43. The number of rotatable bonds is 16. The van der Waals surface area contributed by atoms with E-state index in [0.717, 1.165) is 11.1 Å². The first-order valence-electron chi connectivity index (χ1n) is 15.5. The van der Waals surface area contributed by atoms with E-state index in [4.69, 9.17) is 38.5 Å². The minimum Gasteiger partial charge on any atom is -0.497 e. The van der Waals surface area contributed by atoms with E-state index in [1.54, 1.807) is 40.6 Å². The summed E-state index contributed by atoms with van der Waals surface area (Å²) < 4.78 is 34.4. The zero-order chi connectivity index (χ0) is 33.9. The molecular formula is C37H41N3O8. The number of hydrazine groups is 1. The fourth-order valence-electron chi connectivity index (χ4n) is 5.57. The van der Waals surface area contributed by atoms with E-state index < -0.39 is 17.6 Å². The van der Waals surface area contributed by atoms with Crippen LogP contribution in [0.25, 0.3) is 0 Å². The van der Waals surface area contributed by atoms with Gasteiger partial charge in [-0.1, -0.05) is 42.5 Å². The Kier molecular flexibility index (Phi) is 11.4. The van der Waals surface area contributed by atoms with Crippen molar-refractivity contribution in [2.45, 2.75) is 31.0 Å². The van der Waals surface area contributed by atoms with Crippen molar-refractivity contribution in [2.75, 3.05) is 41.7 Å². The Morgan fingerprint density at radius 3 is 2.19 bits per heavy atom. The molecule has 0 aliphatic carbocycles. The minimum atomic E-state index is -1.43. The number of carbonyl (C=O) groups is 1. The van der Waals surface area contributed by atoms with E-state index in [2.05, 4.69) is 10.9 Å². The van der Waals surface area contributed by atoms with Crippen molar-refractivity contribution in [2.24, 2.45) is 4.99 Å². The van der Waals surface area contributed by atoms with Gasteiger partial charge in [-0.2, -0.15) is 0 Å². The zero-order valence-electron chi connectivity index (χ0n) is 27.5. The molecule has 0 saturated heterocycles. The molecule has 48 heavy (non-hydrogen) atoms. The van der Waals surface area contributed by atoms with E-state index in [-0.39, 0.29) is 19.6 Å². The summed E-state index contributed by atoms with van der Waals surface area (Å²) in [6.45, 7) is 0.630. The third-order valence-electron chi connectivity index (χ3n) is 8.03. The van der Waals surface area contributed by atoms with Crippen LogP contribution in [0, 0.1) is 0 Å². The zero-order valence-corrected chi connectivity index (χ0v) is 27.5. The predicted molar refractivity (Wildman–Crippen MR) is 181 cm³/mol. The molecule has 252 valence electrons. The van der Waals surface area contributed by atoms with Gasteiger partial charge in [0.2, 0.25) is 5.90 Å². The molecule has 1 aliphatic rings. The van der Waals surface area contributed by atoms with Crippen LogP contribution in [0.15, 0.2) is 96.0 Å². The molecule has 3 N–H and O–H groups in total. The summed E-state index contributed by atoms with van der Waals surface area (Å²) in [5.74, 6) is 2.84. The first kappa shape index (κ1) is 34.1. The second kappa shape index (κ2) is 16.0. The Balaban J connectivity index is 1.52. The van der Waals surface area contributed by atoms with Gasteiger partial charge in [-0.25, -0.2) is 10.4 Å². The SMILES string of the molecule is COc1cccc([C@@H]2OC(c3ccc(OCCCO)cc3)=N[C@]2(Cc2ccccc2)C(=O)NNCc2c(OC)cc(OC)cc2OC)c1. The van der Waals surface area contributed by atoms with E-state index in [1.165, 1.54) is 0 Å². The molecule has 0 aromatic heterocycles. The van der Waals surface area contributed by atoms with Crippen LogP contribution in [0.5, 0.6) is 28.7 Å². The molecule has 5 rings (SSSR count). The normalized spacial score (nSPS) is 16.8.